The van der Waals surface area contributed by atoms with E-state index >= 15 is 0 Å². The van der Waals surface area contributed by atoms with Gasteiger partial charge in [0, 0.05) is 30.6 Å². The second-order valence-corrected chi connectivity index (χ2v) is 7.18. The van der Waals surface area contributed by atoms with Crippen LogP contribution in [-0.4, -0.2) is 69.1 Å². The van der Waals surface area contributed by atoms with E-state index in [0.717, 1.165) is 0 Å². The number of nitrogens with zero attached hydrogens (tertiary/aromatic N) is 2. The van der Waals surface area contributed by atoms with Crippen LogP contribution in [0.5, 0.6) is 5.75 Å². The lowest BCUT2D eigenvalue weighted by molar-refractivity contribution is -0.168. The van der Waals surface area contributed by atoms with Crippen LogP contribution in [0.15, 0.2) is 35.5 Å². The number of anilines is 1. The summed E-state index contributed by atoms with van der Waals surface area (Å²) in [5, 5.41) is 21.4. The van der Waals surface area contributed by atoms with Gasteiger partial charge in [-0.05, 0) is 30.7 Å². The molecule has 2 saturated heterocycles. The first-order valence-electron chi connectivity index (χ1n) is 9.09. The summed E-state index contributed by atoms with van der Waals surface area (Å²) in [6.07, 6.45) is -0.300. The third-order valence-electron chi connectivity index (χ3n) is 5.61. The van der Waals surface area contributed by atoms with Crippen molar-refractivity contribution in [1.82, 2.24) is 9.80 Å². The highest BCUT2D eigenvalue weighted by molar-refractivity contribution is 6.03. The van der Waals surface area contributed by atoms with E-state index in [1.54, 1.807) is 0 Å². The topological polar surface area (TPSA) is 136 Å². The molecule has 10 nitrogen and oxygen atoms in total. The molecule has 2 fully saturated rings. The van der Waals surface area contributed by atoms with E-state index in [1.807, 2.05) is 0 Å². The van der Waals surface area contributed by atoms with E-state index in [4.69, 9.17) is 4.74 Å². The Morgan fingerprint density at radius 2 is 1.93 bits per heavy atom. The van der Waals surface area contributed by atoms with Crippen molar-refractivity contribution in [3.63, 3.8) is 0 Å². The van der Waals surface area contributed by atoms with Gasteiger partial charge >= 0.3 is 12.1 Å². The van der Waals surface area contributed by atoms with Crippen LogP contribution in [-0.2, 0) is 19.1 Å². The van der Waals surface area contributed by atoms with Crippen LogP contribution >= 0.6 is 0 Å². The van der Waals surface area contributed by atoms with Crippen LogP contribution in [0, 0.1) is 5.92 Å². The fourth-order valence-electron chi connectivity index (χ4n) is 4.38. The number of ether oxygens (including phenoxy) is 1. The number of carboxylic acid groups (broad SMARTS) is 1. The number of phenols is 1. The second-order valence-electron chi connectivity index (χ2n) is 7.18. The van der Waals surface area contributed by atoms with Crippen LogP contribution in [0.25, 0.3) is 0 Å². The molecule has 3 atom stereocenters. The number of carbonyl (C=O) groups is 4. The van der Waals surface area contributed by atoms with Crippen molar-refractivity contribution >= 4 is 29.6 Å². The van der Waals surface area contributed by atoms with E-state index in [0.29, 0.717) is 24.2 Å². The lowest BCUT2D eigenvalue weighted by Gasteiger charge is -2.53. The first kappa shape index (κ1) is 18.8. The van der Waals surface area contributed by atoms with Crippen LogP contribution in [0.4, 0.5) is 10.5 Å². The van der Waals surface area contributed by atoms with E-state index in [1.165, 1.54) is 41.0 Å². The number of likely N-dealkylation sites (tertiary alicyclic amines) is 1. The summed E-state index contributed by atoms with van der Waals surface area (Å²) < 4.78 is 5.21. The summed E-state index contributed by atoms with van der Waals surface area (Å²) in [5.74, 6) is -2.14. The zero-order valence-electron chi connectivity index (χ0n) is 15.5. The predicted molar refractivity (Wildman–Crippen MR) is 97.7 cm³/mol. The minimum atomic E-state index is -1.27. The average Bonchev–Trinajstić information content (AvgIpc) is 3.00. The minimum absolute atomic E-state index is 0.0479. The van der Waals surface area contributed by atoms with Gasteiger partial charge in [0.2, 0.25) is 5.91 Å². The Morgan fingerprint density at radius 3 is 2.55 bits per heavy atom. The number of hydrogen-bond donors (Lipinski definition) is 3. The molecule has 3 aliphatic rings. The average molecular weight is 401 g/mol. The molecule has 10 heteroatoms. The van der Waals surface area contributed by atoms with E-state index in [-0.39, 0.29) is 29.9 Å². The van der Waals surface area contributed by atoms with Gasteiger partial charge in [-0.25, -0.2) is 9.59 Å². The van der Waals surface area contributed by atoms with Crippen molar-refractivity contribution in [2.45, 2.75) is 25.4 Å². The minimum Gasteiger partial charge on any atom is -0.508 e. The highest BCUT2D eigenvalue weighted by Gasteiger charge is 2.64. The number of piperidine rings is 1. The lowest BCUT2D eigenvalue weighted by Crippen LogP contribution is -2.73. The number of rotatable bonds is 4. The molecule has 3 amide bonds. The molecule has 0 saturated carbocycles. The van der Waals surface area contributed by atoms with Crippen LogP contribution in [0.3, 0.4) is 0 Å². The first-order valence-corrected chi connectivity index (χ1v) is 9.09. The molecule has 0 spiro atoms. The number of nitrogens with one attached hydrogen (secondary N) is 1. The summed E-state index contributed by atoms with van der Waals surface area (Å²) in [4.78, 5) is 50.9. The summed E-state index contributed by atoms with van der Waals surface area (Å²) >= 11 is 0. The van der Waals surface area contributed by atoms with Crippen LogP contribution < -0.4 is 5.32 Å². The van der Waals surface area contributed by atoms with Crippen molar-refractivity contribution in [3.05, 3.63) is 35.5 Å². The molecular weight excluding hydrogens is 382 g/mol. The van der Waals surface area contributed by atoms with Crippen LogP contribution in [0.2, 0.25) is 0 Å². The number of carboxylic acids is 1. The van der Waals surface area contributed by atoms with E-state index < -0.39 is 30.1 Å². The molecule has 3 N–H and O–H groups in total. The van der Waals surface area contributed by atoms with Crippen molar-refractivity contribution in [2.75, 3.05) is 18.5 Å². The largest absolute Gasteiger partial charge is 0.508 e. The van der Waals surface area contributed by atoms with Gasteiger partial charge in [-0.15, -0.1) is 0 Å². The Labute approximate surface area is 165 Å². The fourth-order valence-corrected chi connectivity index (χ4v) is 4.38. The van der Waals surface area contributed by atoms with Gasteiger partial charge in [0.05, 0.1) is 6.04 Å². The molecular formula is C19H19N3O7. The number of hydrogen-bond acceptors (Lipinski definition) is 6. The molecule has 0 bridgehead atoms. The number of amides is 3. The normalized spacial score (nSPS) is 24.7. The first-order chi connectivity index (χ1) is 13.8. The van der Waals surface area contributed by atoms with Gasteiger partial charge in [-0.2, -0.15) is 0 Å². The Balaban J connectivity index is 1.50. The lowest BCUT2D eigenvalue weighted by atomic mass is 9.78. The van der Waals surface area contributed by atoms with E-state index in [9.17, 15) is 29.4 Å². The molecule has 0 aliphatic carbocycles. The number of aliphatic carboxylic acids is 1. The standard InChI is InChI=1S/C19H19N3O7/c1-9(23)21-7-6-12-13(15(18(26)27)22-14(12)16(21)17(22)25)8-29-19(28)20-10-2-4-11(24)5-3-10/h2-5,12,14,16,24H,6-8H2,1H3,(H,20,28)(H,26,27)/t12?,14-,16+/m1/s1. The highest BCUT2D eigenvalue weighted by atomic mass is 16.5. The zero-order chi connectivity index (χ0) is 20.9. The smallest absolute Gasteiger partial charge is 0.411 e. The highest BCUT2D eigenvalue weighted by Crippen LogP contribution is 2.48. The monoisotopic (exact) mass is 401 g/mol. The number of phenolic OH excluding ortho intramolecular Hbond substituents is 1. The molecule has 0 radical (unpaired) electrons. The molecule has 0 aromatic heterocycles. The molecule has 3 heterocycles. The maximum Gasteiger partial charge on any atom is 0.411 e. The van der Waals surface area contributed by atoms with Crippen LogP contribution in [0.1, 0.15) is 13.3 Å². The third-order valence-corrected chi connectivity index (χ3v) is 5.61. The molecule has 152 valence electrons. The van der Waals surface area contributed by atoms with E-state index in [2.05, 4.69) is 5.32 Å². The zero-order valence-corrected chi connectivity index (χ0v) is 15.5. The molecule has 1 aromatic rings. The Bertz CT molecular complexity index is 940. The maximum atomic E-state index is 12.5. The SMILES string of the molecule is CC(=O)N1CCC2C(COC(=O)Nc3ccc(O)cc3)=C(C(=O)O)N3C(=O)[C@@H]1[C@@H]23. The summed E-state index contributed by atoms with van der Waals surface area (Å²) in [6.45, 7) is 1.45. The number of carbonyl (C=O) groups excluding carboxylic acids is 3. The fraction of sp³-hybridized carbons (Fsp3) is 0.368. The van der Waals surface area contributed by atoms with Crippen molar-refractivity contribution in [3.8, 4) is 5.75 Å². The van der Waals surface area contributed by atoms with Gasteiger partial charge in [0.25, 0.3) is 5.91 Å². The van der Waals surface area contributed by atoms with Gasteiger partial charge in [-0.3, -0.25) is 19.8 Å². The molecule has 4 rings (SSSR count). The second kappa shape index (κ2) is 6.80. The van der Waals surface area contributed by atoms with Gasteiger partial charge in [-0.1, -0.05) is 0 Å². The summed E-state index contributed by atoms with van der Waals surface area (Å²) in [6, 6.07) is 4.68. The number of aromatic hydroxyl groups is 1. The van der Waals surface area contributed by atoms with Gasteiger partial charge in [0.1, 0.15) is 24.1 Å². The number of benzene rings is 1. The summed E-state index contributed by atoms with van der Waals surface area (Å²) in [5.41, 5.74) is 0.618. The Morgan fingerprint density at radius 1 is 1.24 bits per heavy atom. The Kier molecular flexibility index (Phi) is 4.40. The molecule has 1 unspecified atom stereocenters. The third kappa shape index (κ3) is 2.96. The van der Waals surface area contributed by atoms with Crippen molar-refractivity contribution < 1.29 is 34.1 Å². The number of β-lactam (4-membered cyclic amide) rings is 1. The van der Waals surface area contributed by atoms with Crippen molar-refractivity contribution in [1.29, 1.82) is 0 Å². The maximum absolute atomic E-state index is 12.5. The van der Waals surface area contributed by atoms with Gasteiger partial charge < -0.3 is 19.8 Å². The molecule has 1 aromatic carbocycles. The van der Waals surface area contributed by atoms with Crippen molar-refractivity contribution in [2.24, 2.45) is 5.92 Å². The predicted octanol–water partition coefficient (Wildman–Crippen LogP) is 0.741. The summed E-state index contributed by atoms with van der Waals surface area (Å²) in [7, 11) is 0. The van der Waals surface area contributed by atoms with Gasteiger partial charge in [0.15, 0.2) is 0 Å². The Hall–Kier alpha value is -3.56. The quantitative estimate of drug-likeness (QED) is 0.500. The molecule has 29 heavy (non-hydrogen) atoms. The molecule has 3 aliphatic heterocycles.